The first-order chi connectivity index (χ1) is 16.4. The maximum absolute atomic E-state index is 12.7. The molecule has 1 N–H and O–H groups in total. The van der Waals surface area contributed by atoms with Crippen LogP contribution in [0.1, 0.15) is 36.6 Å². The van der Waals surface area contributed by atoms with Gasteiger partial charge in [-0.05, 0) is 55.3 Å². The quantitative estimate of drug-likeness (QED) is 0.263. The van der Waals surface area contributed by atoms with Gasteiger partial charge in [0.1, 0.15) is 18.2 Å². The van der Waals surface area contributed by atoms with Gasteiger partial charge in [-0.3, -0.25) is 4.79 Å². The molecule has 174 valence electrons. The zero-order valence-corrected chi connectivity index (χ0v) is 20.4. The molecule has 5 nitrogen and oxygen atoms in total. The van der Waals surface area contributed by atoms with Crippen LogP contribution in [0.5, 0.6) is 11.5 Å². The van der Waals surface area contributed by atoms with E-state index in [1.807, 2.05) is 50.2 Å². The summed E-state index contributed by atoms with van der Waals surface area (Å²) in [7, 11) is 0. The van der Waals surface area contributed by atoms with Crippen molar-refractivity contribution < 1.29 is 14.3 Å². The molecule has 0 radical (unpaired) electrons. The van der Waals surface area contributed by atoms with Crippen LogP contribution in [0.2, 0.25) is 10.0 Å². The van der Waals surface area contributed by atoms with Gasteiger partial charge >= 0.3 is 0 Å². The number of amides is 1. The summed E-state index contributed by atoms with van der Waals surface area (Å²) in [5.74, 6) is 0.567. The van der Waals surface area contributed by atoms with Crippen LogP contribution in [0.3, 0.4) is 0 Å². The number of nitrogens with zero attached hydrogens (tertiary/aromatic N) is 1. The van der Waals surface area contributed by atoms with E-state index >= 15 is 0 Å². The summed E-state index contributed by atoms with van der Waals surface area (Å²) < 4.78 is 11.6. The number of nitrogens with one attached hydrogen (secondary N) is 1. The Morgan fingerprint density at radius 3 is 2.50 bits per heavy atom. The average Bonchev–Trinajstić information content (AvgIpc) is 2.83. The second-order valence-corrected chi connectivity index (χ2v) is 8.28. The van der Waals surface area contributed by atoms with Crippen LogP contribution in [0.25, 0.3) is 6.08 Å². The molecule has 0 bridgehead atoms. The maximum atomic E-state index is 12.7. The fraction of sp³-hybridized carbons (Fsp3) is 0.185. The molecule has 0 aliphatic rings. The van der Waals surface area contributed by atoms with Crippen LogP contribution in [0.4, 0.5) is 0 Å². The van der Waals surface area contributed by atoms with Gasteiger partial charge in [0, 0.05) is 15.6 Å². The van der Waals surface area contributed by atoms with Crippen LogP contribution in [-0.2, 0) is 11.4 Å². The van der Waals surface area contributed by atoms with Gasteiger partial charge in [-0.1, -0.05) is 65.7 Å². The Morgan fingerprint density at radius 2 is 1.82 bits per heavy atom. The summed E-state index contributed by atoms with van der Waals surface area (Å²) in [6, 6.07) is 21.7. The van der Waals surface area contributed by atoms with Crippen LogP contribution in [0.15, 0.2) is 72.3 Å². The molecule has 1 amide bonds. The van der Waals surface area contributed by atoms with E-state index in [1.54, 1.807) is 36.4 Å². The van der Waals surface area contributed by atoms with Gasteiger partial charge in [0.15, 0.2) is 11.5 Å². The lowest BCUT2D eigenvalue weighted by Gasteiger charge is -2.14. The van der Waals surface area contributed by atoms with Crippen molar-refractivity contribution in [1.29, 1.82) is 5.26 Å². The van der Waals surface area contributed by atoms with Gasteiger partial charge in [-0.2, -0.15) is 5.26 Å². The Kier molecular flexibility index (Phi) is 8.98. The van der Waals surface area contributed by atoms with Crippen molar-refractivity contribution in [1.82, 2.24) is 5.32 Å². The molecule has 0 unspecified atom stereocenters. The van der Waals surface area contributed by atoms with E-state index in [0.29, 0.717) is 33.7 Å². The first-order valence-corrected chi connectivity index (χ1v) is 11.5. The van der Waals surface area contributed by atoms with Crippen molar-refractivity contribution in [3.8, 4) is 17.6 Å². The van der Waals surface area contributed by atoms with E-state index in [4.69, 9.17) is 32.7 Å². The molecule has 0 saturated carbocycles. The van der Waals surface area contributed by atoms with E-state index in [-0.39, 0.29) is 18.2 Å². The summed E-state index contributed by atoms with van der Waals surface area (Å²) >= 11 is 12.2. The Bertz CT molecular complexity index is 1220. The van der Waals surface area contributed by atoms with Crippen molar-refractivity contribution in [2.24, 2.45) is 0 Å². The van der Waals surface area contributed by atoms with E-state index < -0.39 is 5.91 Å². The second-order valence-electron chi connectivity index (χ2n) is 7.44. The lowest BCUT2D eigenvalue weighted by atomic mass is 10.1. The van der Waals surface area contributed by atoms with Crippen molar-refractivity contribution >= 4 is 35.2 Å². The number of nitriles is 1. The fourth-order valence-electron chi connectivity index (χ4n) is 3.21. The van der Waals surface area contributed by atoms with Crippen molar-refractivity contribution in [3.05, 3.63) is 99.0 Å². The Morgan fingerprint density at radius 1 is 1.06 bits per heavy atom. The Balaban J connectivity index is 1.76. The largest absolute Gasteiger partial charge is 0.490 e. The Labute approximate surface area is 209 Å². The molecule has 7 heteroatoms. The van der Waals surface area contributed by atoms with Gasteiger partial charge in [0.2, 0.25) is 0 Å². The van der Waals surface area contributed by atoms with E-state index in [0.717, 1.165) is 11.1 Å². The zero-order chi connectivity index (χ0) is 24.5. The van der Waals surface area contributed by atoms with Crippen LogP contribution < -0.4 is 14.8 Å². The number of rotatable bonds is 9. The van der Waals surface area contributed by atoms with E-state index in [1.165, 1.54) is 6.08 Å². The lowest BCUT2D eigenvalue weighted by Crippen LogP contribution is -2.27. The second kappa shape index (κ2) is 12.1. The molecule has 0 heterocycles. The molecule has 0 aromatic heterocycles. The lowest BCUT2D eigenvalue weighted by molar-refractivity contribution is -0.117. The number of hydrogen-bond acceptors (Lipinski definition) is 4. The molecule has 3 aromatic rings. The van der Waals surface area contributed by atoms with E-state index in [2.05, 4.69) is 5.32 Å². The van der Waals surface area contributed by atoms with Gasteiger partial charge < -0.3 is 14.8 Å². The SMILES string of the molecule is CCOc1cc(/C=C(/C#N)C(=O)N[C@@H](C)c2ccccc2)ccc1OCc1ccc(Cl)cc1Cl. The predicted molar refractivity (Wildman–Crippen MR) is 135 cm³/mol. The number of ether oxygens (including phenoxy) is 2. The zero-order valence-electron chi connectivity index (χ0n) is 18.8. The van der Waals surface area contributed by atoms with Crippen LogP contribution in [0, 0.1) is 11.3 Å². The molecular weight excluding hydrogens is 471 g/mol. The van der Waals surface area contributed by atoms with E-state index in [9.17, 15) is 10.1 Å². The van der Waals surface area contributed by atoms with Crippen molar-refractivity contribution in [2.45, 2.75) is 26.5 Å². The first kappa shape index (κ1) is 25.2. The summed E-state index contributed by atoms with van der Waals surface area (Å²) in [5, 5.41) is 13.5. The standard InChI is InChI=1S/C27H24Cl2N2O3/c1-3-33-26-14-19(9-12-25(26)34-17-21-10-11-23(28)15-24(21)29)13-22(16-30)27(32)31-18(2)20-7-5-4-6-8-20/h4-15,18H,3,17H2,1-2H3,(H,31,32)/b22-13-/t18-/m0/s1. The summed E-state index contributed by atoms with van der Waals surface area (Å²) in [6.07, 6.45) is 1.52. The third-order valence-corrected chi connectivity index (χ3v) is 5.58. The minimum atomic E-state index is -0.450. The van der Waals surface area contributed by atoms with Crippen LogP contribution in [-0.4, -0.2) is 12.5 Å². The number of halogens is 2. The number of hydrogen-bond donors (Lipinski definition) is 1. The molecule has 0 saturated heterocycles. The van der Waals surface area contributed by atoms with Gasteiger partial charge in [-0.25, -0.2) is 0 Å². The van der Waals surface area contributed by atoms with Crippen LogP contribution >= 0.6 is 23.2 Å². The highest BCUT2D eigenvalue weighted by molar-refractivity contribution is 6.35. The smallest absolute Gasteiger partial charge is 0.262 e. The number of carbonyl (C=O) groups excluding carboxylic acids is 1. The predicted octanol–water partition coefficient (Wildman–Crippen LogP) is 6.76. The summed E-state index contributed by atoms with van der Waals surface area (Å²) in [5.41, 5.74) is 2.37. The minimum absolute atomic E-state index is 0.00755. The molecule has 1 atom stereocenters. The van der Waals surface area contributed by atoms with Gasteiger partial charge in [0.05, 0.1) is 12.6 Å². The molecule has 0 aliphatic carbocycles. The van der Waals surface area contributed by atoms with Crippen molar-refractivity contribution in [2.75, 3.05) is 6.61 Å². The highest BCUT2D eigenvalue weighted by Gasteiger charge is 2.15. The molecule has 3 rings (SSSR count). The highest BCUT2D eigenvalue weighted by atomic mass is 35.5. The van der Waals surface area contributed by atoms with Gasteiger partial charge in [-0.15, -0.1) is 0 Å². The summed E-state index contributed by atoms with van der Waals surface area (Å²) in [4.78, 5) is 12.7. The highest BCUT2D eigenvalue weighted by Crippen LogP contribution is 2.31. The average molecular weight is 495 g/mol. The maximum Gasteiger partial charge on any atom is 0.262 e. The minimum Gasteiger partial charge on any atom is -0.490 e. The summed E-state index contributed by atoms with van der Waals surface area (Å²) in [6.45, 7) is 4.38. The van der Waals surface area contributed by atoms with Crippen molar-refractivity contribution in [3.63, 3.8) is 0 Å². The molecule has 0 fully saturated rings. The number of carbonyl (C=O) groups is 1. The fourth-order valence-corrected chi connectivity index (χ4v) is 3.67. The molecule has 0 aliphatic heterocycles. The Hall–Kier alpha value is -3.46. The third kappa shape index (κ3) is 6.77. The normalized spacial score (nSPS) is 11.9. The van der Waals surface area contributed by atoms with Gasteiger partial charge in [0.25, 0.3) is 5.91 Å². The molecule has 3 aromatic carbocycles. The first-order valence-electron chi connectivity index (χ1n) is 10.7. The topological polar surface area (TPSA) is 71.3 Å². The number of benzene rings is 3. The third-order valence-electron chi connectivity index (χ3n) is 4.99. The molecular formula is C27H24Cl2N2O3. The monoisotopic (exact) mass is 494 g/mol. The molecule has 34 heavy (non-hydrogen) atoms. The molecule has 0 spiro atoms.